The number of aryl methyl sites for hydroxylation is 2. The molecule has 0 amide bonds. The summed E-state index contributed by atoms with van der Waals surface area (Å²) in [6.45, 7) is 4.16. The van der Waals surface area contributed by atoms with Gasteiger partial charge in [0.1, 0.15) is 18.2 Å². The van der Waals surface area contributed by atoms with Crippen molar-refractivity contribution in [2.24, 2.45) is 0 Å². The molecule has 0 bridgehead atoms. The minimum Gasteiger partial charge on any atom is -0.436 e. The molecule has 0 N–H and O–H groups in total. The van der Waals surface area contributed by atoms with Gasteiger partial charge in [0.25, 0.3) is 0 Å². The molecule has 2 heterocycles. The Bertz CT molecular complexity index is 953. The second kappa shape index (κ2) is 5.35. The summed E-state index contributed by atoms with van der Waals surface area (Å²) in [6, 6.07) is 12.4. The van der Waals surface area contributed by atoms with Crippen LogP contribution in [0, 0.1) is 6.92 Å². The van der Waals surface area contributed by atoms with E-state index < -0.39 is 0 Å². The topological polar surface area (TPSA) is 56.7 Å². The fourth-order valence-corrected chi connectivity index (χ4v) is 2.67. The standard InChI is InChI=1S/C18H16N4O/c1-3-13-4-6-14(7-5-13)18-21-16-9-15(22-10-19-20-11-22)8-12(2)17(16)23-18/h4-11H,3H2,1-2H3. The van der Waals surface area contributed by atoms with E-state index in [1.54, 1.807) is 12.7 Å². The second-order valence-electron chi connectivity index (χ2n) is 5.55. The molecule has 0 saturated heterocycles. The quantitative estimate of drug-likeness (QED) is 0.575. The van der Waals surface area contributed by atoms with Crippen LogP contribution in [0.25, 0.3) is 28.2 Å². The molecule has 0 spiro atoms. The summed E-state index contributed by atoms with van der Waals surface area (Å²) in [5.74, 6) is 0.645. The fraction of sp³-hybridized carbons (Fsp3) is 0.167. The first kappa shape index (κ1) is 13.7. The van der Waals surface area contributed by atoms with Crippen LogP contribution in [0.3, 0.4) is 0 Å². The monoisotopic (exact) mass is 304 g/mol. The number of hydrogen-bond donors (Lipinski definition) is 0. The van der Waals surface area contributed by atoms with Gasteiger partial charge in [-0.2, -0.15) is 0 Å². The Balaban J connectivity index is 1.82. The normalized spacial score (nSPS) is 11.2. The van der Waals surface area contributed by atoms with Gasteiger partial charge in [-0.05, 0) is 48.7 Å². The zero-order valence-corrected chi connectivity index (χ0v) is 13.0. The first-order chi connectivity index (χ1) is 11.2. The van der Waals surface area contributed by atoms with E-state index in [2.05, 4.69) is 46.4 Å². The molecule has 5 heteroatoms. The van der Waals surface area contributed by atoms with Crippen LogP contribution in [0.2, 0.25) is 0 Å². The number of fused-ring (bicyclic) bond motifs is 1. The van der Waals surface area contributed by atoms with E-state index in [9.17, 15) is 0 Å². The predicted molar refractivity (Wildman–Crippen MR) is 88.5 cm³/mol. The van der Waals surface area contributed by atoms with E-state index in [0.29, 0.717) is 5.89 Å². The van der Waals surface area contributed by atoms with Gasteiger partial charge >= 0.3 is 0 Å². The molecule has 0 aliphatic rings. The first-order valence-corrected chi connectivity index (χ1v) is 7.60. The van der Waals surface area contributed by atoms with Gasteiger partial charge in [-0.25, -0.2) is 4.98 Å². The summed E-state index contributed by atoms with van der Waals surface area (Å²) in [4.78, 5) is 4.65. The van der Waals surface area contributed by atoms with Gasteiger partial charge in [0, 0.05) is 5.56 Å². The lowest BCUT2D eigenvalue weighted by atomic mass is 10.1. The molecule has 0 unspecified atom stereocenters. The number of rotatable bonds is 3. The highest BCUT2D eigenvalue weighted by Gasteiger charge is 2.12. The Kier molecular flexibility index (Phi) is 3.19. The molecule has 5 nitrogen and oxygen atoms in total. The van der Waals surface area contributed by atoms with Crippen molar-refractivity contribution in [2.75, 3.05) is 0 Å². The second-order valence-corrected chi connectivity index (χ2v) is 5.55. The highest BCUT2D eigenvalue weighted by molar-refractivity contribution is 5.81. The summed E-state index contributed by atoms with van der Waals surface area (Å²) >= 11 is 0. The van der Waals surface area contributed by atoms with Crippen LogP contribution in [0.15, 0.2) is 53.5 Å². The number of benzene rings is 2. The molecule has 0 atom stereocenters. The van der Waals surface area contributed by atoms with Gasteiger partial charge in [-0.1, -0.05) is 19.1 Å². The molecule has 23 heavy (non-hydrogen) atoms. The molecule has 2 aromatic heterocycles. The van der Waals surface area contributed by atoms with Crippen LogP contribution in [0.1, 0.15) is 18.1 Å². The average molecular weight is 304 g/mol. The molecule has 0 fully saturated rings. The van der Waals surface area contributed by atoms with Gasteiger partial charge in [0.2, 0.25) is 5.89 Å². The SMILES string of the molecule is CCc1ccc(-c2nc3cc(-n4cnnc4)cc(C)c3o2)cc1. The molecular weight excluding hydrogens is 288 g/mol. The van der Waals surface area contributed by atoms with Crippen LogP contribution in [-0.2, 0) is 6.42 Å². The third-order valence-electron chi connectivity index (χ3n) is 3.99. The maximum absolute atomic E-state index is 5.98. The molecule has 0 saturated carbocycles. The zero-order chi connectivity index (χ0) is 15.8. The summed E-state index contributed by atoms with van der Waals surface area (Å²) in [6.07, 6.45) is 4.37. The van der Waals surface area contributed by atoms with E-state index in [4.69, 9.17) is 4.42 Å². The number of oxazole rings is 1. The molecule has 114 valence electrons. The van der Waals surface area contributed by atoms with Crippen LogP contribution in [0.5, 0.6) is 0 Å². The molecule has 2 aromatic carbocycles. The molecular formula is C18H16N4O. The Morgan fingerprint density at radius 1 is 1.04 bits per heavy atom. The van der Waals surface area contributed by atoms with E-state index in [1.807, 2.05) is 23.6 Å². The summed E-state index contributed by atoms with van der Waals surface area (Å²) in [5.41, 5.74) is 5.95. The molecule has 0 radical (unpaired) electrons. The number of nitrogens with zero attached hydrogens (tertiary/aromatic N) is 4. The Morgan fingerprint density at radius 2 is 1.78 bits per heavy atom. The highest BCUT2D eigenvalue weighted by atomic mass is 16.3. The van der Waals surface area contributed by atoms with Crippen molar-refractivity contribution in [3.05, 3.63) is 60.2 Å². The van der Waals surface area contributed by atoms with E-state index in [0.717, 1.165) is 34.3 Å². The smallest absolute Gasteiger partial charge is 0.227 e. The fourth-order valence-electron chi connectivity index (χ4n) is 2.67. The van der Waals surface area contributed by atoms with Crippen molar-refractivity contribution in [3.8, 4) is 17.1 Å². The van der Waals surface area contributed by atoms with Gasteiger partial charge in [-0.3, -0.25) is 4.57 Å². The zero-order valence-electron chi connectivity index (χ0n) is 13.0. The number of hydrogen-bond acceptors (Lipinski definition) is 4. The van der Waals surface area contributed by atoms with E-state index in [-0.39, 0.29) is 0 Å². The van der Waals surface area contributed by atoms with Crippen molar-refractivity contribution in [1.82, 2.24) is 19.7 Å². The minimum absolute atomic E-state index is 0.645. The van der Waals surface area contributed by atoms with Crippen LogP contribution >= 0.6 is 0 Å². The van der Waals surface area contributed by atoms with Crippen molar-refractivity contribution in [1.29, 1.82) is 0 Å². The average Bonchev–Trinajstić information content (AvgIpc) is 3.24. The van der Waals surface area contributed by atoms with E-state index >= 15 is 0 Å². The predicted octanol–water partition coefficient (Wildman–Crippen LogP) is 3.95. The third-order valence-corrected chi connectivity index (χ3v) is 3.99. The Labute approximate surface area is 133 Å². The summed E-state index contributed by atoms with van der Waals surface area (Å²) in [5, 5.41) is 7.69. The van der Waals surface area contributed by atoms with Crippen LogP contribution in [0.4, 0.5) is 0 Å². The van der Waals surface area contributed by atoms with Crippen LogP contribution < -0.4 is 0 Å². The van der Waals surface area contributed by atoms with Gasteiger partial charge < -0.3 is 4.42 Å². The van der Waals surface area contributed by atoms with Crippen molar-refractivity contribution in [2.45, 2.75) is 20.3 Å². The maximum Gasteiger partial charge on any atom is 0.227 e. The molecule has 4 aromatic rings. The number of aromatic nitrogens is 4. The van der Waals surface area contributed by atoms with Gasteiger partial charge in [-0.15, -0.1) is 10.2 Å². The first-order valence-electron chi connectivity index (χ1n) is 7.60. The third kappa shape index (κ3) is 2.40. The van der Waals surface area contributed by atoms with E-state index in [1.165, 1.54) is 5.56 Å². The lowest BCUT2D eigenvalue weighted by Gasteiger charge is -2.02. The van der Waals surface area contributed by atoms with Crippen molar-refractivity contribution in [3.63, 3.8) is 0 Å². The highest BCUT2D eigenvalue weighted by Crippen LogP contribution is 2.28. The lowest BCUT2D eigenvalue weighted by molar-refractivity contribution is 0.617. The van der Waals surface area contributed by atoms with Crippen LogP contribution in [-0.4, -0.2) is 19.7 Å². The van der Waals surface area contributed by atoms with Crippen molar-refractivity contribution < 1.29 is 4.42 Å². The summed E-state index contributed by atoms with van der Waals surface area (Å²) < 4.78 is 7.84. The summed E-state index contributed by atoms with van der Waals surface area (Å²) in [7, 11) is 0. The molecule has 0 aliphatic heterocycles. The van der Waals surface area contributed by atoms with Gasteiger partial charge in [0.15, 0.2) is 5.58 Å². The molecule has 0 aliphatic carbocycles. The van der Waals surface area contributed by atoms with Gasteiger partial charge in [0.05, 0.1) is 5.69 Å². The molecule has 4 rings (SSSR count). The lowest BCUT2D eigenvalue weighted by Crippen LogP contribution is -1.91. The minimum atomic E-state index is 0.645. The maximum atomic E-state index is 5.98. The van der Waals surface area contributed by atoms with Crippen molar-refractivity contribution >= 4 is 11.1 Å². The Hall–Kier alpha value is -2.95. The Morgan fingerprint density at radius 3 is 2.48 bits per heavy atom. The largest absolute Gasteiger partial charge is 0.436 e.